The Morgan fingerprint density at radius 2 is 1.87 bits per heavy atom. The Balaban J connectivity index is 1.23. The van der Waals surface area contributed by atoms with Gasteiger partial charge >= 0.3 is 5.97 Å². The molecule has 1 aromatic heterocycles. The molecule has 0 radical (unpaired) electrons. The fourth-order valence-corrected chi connectivity index (χ4v) is 6.22. The molecule has 3 fully saturated rings. The minimum absolute atomic E-state index is 0.111. The molecule has 4 unspecified atom stereocenters. The van der Waals surface area contributed by atoms with Crippen LogP contribution in [0.4, 0.5) is 0 Å². The van der Waals surface area contributed by atoms with Gasteiger partial charge in [-0.05, 0) is 62.5 Å². The van der Waals surface area contributed by atoms with E-state index in [1.807, 2.05) is 15.5 Å². The number of carboxylic acid groups (broad SMARTS) is 1. The van der Waals surface area contributed by atoms with Gasteiger partial charge in [-0.3, -0.25) is 14.4 Å². The SMILES string of the molecule is O=C(O)CC1CCN(C(=O)C2CC2)CC1CCN1CC2CC(C1)c1cccc(=O)n1C2. The molecule has 4 heterocycles. The lowest BCUT2D eigenvalue weighted by molar-refractivity contribution is -0.140. The summed E-state index contributed by atoms with van der Waals surface area (Å²) in [4.78, 5) is 40.8. The van der Waals surface area contributed by atoms with E-state index in [0.29, 0.717) is 24.9 Å². The fraction of sp³-hybridized carbons (Fsp3) is 0.708. The molecule has 0 spiro atoms. The average Bonchev–Trinajstić information content (AvgIpc) is 3.58. The van der Waals surface area contributed by atoms with Crippen molar-refractivity contribution in [2.75, 3.05) is 32.7 Å². The van der Waals surface area contributed by atoms with Gasteiger partial charge in [0.25, 0.3) is 5.56 Å². The van der Waals surface area contributed by atoms with Crippen molar-refractivity contribution in [1.29, 1.82) is 0 Å². The third kappa shape index (κ3) is 4.43. The Bertz CT molecular complexity index is 908. The second-order valence-corrected chi connectivity index (χ2v) is 10.2. The summed E-state index contributed by atoms with van der Waals surface area (Å²) in [5.74, 6) is 1.09. The molecule has 168 valence electrons. The molecule has 2 bridgehead atoms. The number of fused-ring (bicyclic) bond motifs is 4. The largest absolute Gasteiger partial charge is 0.481 e. The van der Waals surface area contributed by atoms with E-state index in [-0.39, 0.29) is 35.6 Å². The van der Waals surface area contributed by atoms with Gasteiger partial charge in [0.1, 0.15) is 0 Å². The first-order valence-corrected chi connectivity index (χ1v) is 11.9. The van der Waals surface area contributed by atoms with E-state index in [2.05, 4.69) is 11.0 Å². The van der Waals surface area contributed by atoms with Gasteiger partial charge in [0.05, 0.1) is 0 Å². The van der Waals surface area contributed by atoms with Gasteiger partial charge in [0.15, 0.2) is 0 Å². The fourth-order valence-electron chi connectivity index (χ4n) is 6.22. The summed E-state index contributed by atoms with van der Waals surface area (Å²) in [6.45, 7) is 5.13. The first kappa shape index (κ1) is 20.7. The van der Waals surface area contributed by atoms with Gasteiger partial charge < -0.3 is 19.5 Å². The Morgan fingerprint density at radius 1 is 1.03 bits per heavy atom. The van der Waals surface area contributed by atoms with Crippen LogP contribution in [-0.2, 0) is 16.1 Å². The number of carbonyl (C=O) groups excluding carboxylic acids is 1. The van der Waals surface area contributed by atoms with Crippen LogP contribution in [0.3, 0.4) is 0 Å². The lowest BCUT2D eigenvalue weighted by Crippen LogP contribution is -2.49. The van der Waals surface area contributed by atoms with Gasteiger partial charge in [-0.15, -0.1) is 0 Å². The third-order valence-corrected chi connectivity index (χ3v) is 7.94. The maximum Gasteiger partial charge on any atom is 0.303 e. The molecule has 7 heteroatoms. The number of nitrogens with zero attached hydrogens (tertiary/aromatic N) is 3. The molecule has 1 amide bonds. The number of carbonyl (C=O) groups is 2. The molecule has 2 saturated heterocycles. The van der Waals surface area contributed by atoms with Crippen LogP contribution in [0.25, 0.3) is 0 Å². The highest BCUT2D eigenvalue weighted by molar-refractivity contribution is 5.81. The van der Waals surface area contributed by atoms with E-state index < -0.39 is 5.97 Å². The summed E-state index contributed by atoms with van der Waals surface area (Å²) >= 11 is 0. The molecule has 1 aliphatic carbocycles. The lowest BCUT2D eigenvalue weighted by atomic mass is 9.80. The van der Waals surface area contributed by atoms with Crippen LogP contribution >= 0.6 is 0 Å². The first-order chi connectivity index (χ1) is 15.0. The van der Waals surface area contributed by atoms with Crippen molar-refractivity contribution < 1.29 is 14.7 Å². The average molecular weight is 428 g/mol. The minimum Gasteiger partial charge on any atom is -0.481 e. The highest BCUT2D eigenvalue weighted by Crippen LogP contribution is 2.37. The van der Waals surface area contributed by atoms with E-state index in [9.17, 15) is 19.5 Å². The van der Waals surface area contributed by atoms with Gasteiger partial charge in [-0.1, -0.05) is 6.07 Å². The van der Waals surface area contributed by atoms with Gasteiger partial charge in [-0.25, -0.2) is 0 Å². The zero-order valence-corrected chi connectivity index (χ0v) is 18.1. The second kappa shape index (κ2) is 8.41. The molecule has 1 saturated carbocycles. The van der Waals surface area contributed by atoms with Gasteiger partial charge in [0, 0.05) is 62.7 Å². The lowest BCUT2D eigenvalue weighted by Gasteiger charge is -2.44. The summed E-state index contributed by atoms with van der Waals surface area (Å²) in [5.41, 5.74) is 1.27. The second-order valence-electron chi connectivity index (χ2n) is 10.2. The number of piperidine rings is 2. The normalized spacial score (nSPS) is 30.6. The highest BCUT2D eigenvalue weighted by atomic mass is 16.4. The first-order valence-electron chi connectivity index (χ1n) is 11.9. The number of rotatable bonds is 6. The van der Waals surface area contributed by atoms with Crippen molar-refractivity contribution in [2.45, 2.75) is 51.0 Å². The maximum absolute atomic E-state index is 12.6. The van der Waals surface area contributed by atoms with Crippen LogP contribution in [0, 0.1) is 23.7 Å². The van der Waals surface area contributed by atoms with Gasteiger partial charge in [0.2, 0.25) is 5.91 Å². The van der Waals surface area contributed by atoms with E-state index in [1.165, 1.54) is 0 Å². The van der Waals surface area contributed by atoms with Crippen molar-refractivity contribution >= 4 is 11.9 Å². The van der Waals surface area contributed by atoms with Crippen LogP contribution in [0.5, 0.6) is 0 Å². The molecular formula is C24H33N3O4. The van der Waals surface area contributed by atoms with E-state index >= 15 is 0 Å². The van der Waals surface area contributed by atoms with Crippen LogP contribution in [0.2, 0.25) is 0 Å². The maximum atomic E-state index is 12.6. The Labute approximate surface area is 183 Å². The van der Waals surface area contributed by atoms with E-state index in [0.717, 1.165) is 64.0 Å². The standard InChI is InChI=1S/C24H33N3O4/c28-22-3-1-2-21-20-10-16(13-27(21)22)12-25(14-20)8-6-19-15-26(24(31)17-4-5-17)9-7-18(19)11-23(29)30/h1-3,16-20H,4-15H2,(H,29,30). The molecule has 0 aromatic carbocycles. The predicted octanol–water partition coefficient (Wildman–Crippen LogP) is 2.01. The quantitative estimate of drug-likeness (QED) is 0.751. The third-order valence-electron chi connectivity index (χ3n) is 7.94. The molecule has 4 aliphatic rings. The van der Waals surface area contributed by atoms with Crippen molar-refractivity contribution in [3.05, 3.63) is 34.2 Å². The molecule has 1 aromatic rings. The summed E-state index contributed by atoms with van der Waals surface area (Å²) in [6.07, 6.45) is 5.12. The molecule has 3 aliphatic heterocycles. The number of aromatic nitrogens is 1. The monoisotopic (exact) mass is 427 g/mol. The highest BCUT2D eigenvalue weighted by Gasteiger charge is 2.39. The molecule has 4 atom stereocenters. The molecule has 1 N–H and O–H groups in total. The molecule has 7 nitrogen and oxygen atoms in total. The predicted molar refractivity (Wildman–Crippen MR) is 116 cm³/mol. The summed E-state index contributed by atoms with van der Waals surface area (Å²) in [5, 5.41) is 9.38. The molecular weight excluding hydrogens is 394 g/mol. The smallest absolute Gasteiger partial charge is 0.303 e. The minimum atomic E-state index is -0.730. The van der Waals surface area contributed by atoms with E-state index in [4.69, 9.17) is 0 Å². The number of amides is 1. The number of likely N-dealkylation sites (tertiary alicyclic amines) is 2. The summed E-state index contributed by atoms with van der Waals surface area (Å²) < 4.78 is 1.96. The van der Waals surface area contributed by atoms with Gasteiger partial charge in [-0.2, -0.15) is 0 Å². The molecule has 5 rings (SSSR count). The number of pyridine rings is 1. The molecule has 31 heavy (non-hydrogen) atoms. The van der Waals surface area contributed by atoms with Crippen LogP contribution in [0.15, 0.2) is 23.0 Å². The number of hydrogen-bond acceptors (Lipinski definition) is 4. The van der Waals surface area contributed by atoms with Crippen molar-refractivity contribution in [3.63, 3.8) is 0 Å². The Morgan fingerprint density at radius 3 is 2.65 bits per heavy atom. The number of hydrogen-bond donors (Lipinski definition) is 1. The number of aliphatic carboxylic acids is 1. The zero-order chi connectivity index (χ0) is 21.5. The zero-order valence-electron chi connectivity index (χ0n) is 18.1. The van der Waals surface area contributed by atoms with Crippen LogP contribution in [-0.4, -0.2) is 64.1 Å². The van der Waals surface area contributed by atoms with Crippen molar-refractivity contribution in [3.8, 4) is 0 Å². The summed E-state index contributed by atoms with van der Waals surface area (Å²) in [6, 6.07) is 5.62. The van der Waals surface area contributed by atoms with Crippen molar-refractivity contribution in [1.82, 2.24) is 14.4 Å². The van der Waals surface area contributed by atoms with Crippen molar-refractivity contribution in [2.24, 2.45) is 23.7 Å². The van der Waals surface area contributed by atoms with E-state index in [1.54, 1.807) is 6.07 Å². The Hall–Kier alpha value is -2.15. The number of carboxylic acids is 1. The van der Waals surface area contributed by atoms with Crippen LogP contribution < -0.4 is 5.56 Å². The van der Waals surface area contributed by atoms with Crippen LogP contribution in [0.1, 0.15) is 50.1 Å². The summed E-state index contributed by atoms with van der Waals surface area (Å²) in [7, 11) is 0. The topological polar surface area (TPSA) is 82.8 Å². The Kier molecular flexibility index (Phi) is 5.63.